The van der Waals surface area contributed by atoms with Gasteiger partial charge in [-0.3, -0.25) is 34.2 Å². The van der Waals surface area contributed by atoms with Crippen LogP contribution in [0, 0.1) is 10.1 Å². The number of carbonyl (C=O) groups excluding carboxylic acids is 4. The molecule has 0 unspecified atom stereocenters. The largest absolute Gasteiger partial charge is 0.456 e. The number of amides is 3. The van der Waals surface area contributed by atoms with E-state index in [1.807, 2.05) is 0 Å². The highest BCUT2D eigenvalue weighted by molar-refractivity contribution is 6.09. The van der Waals surface area contributed by atoms with Gasteiger partial charge in [0.05, 0.1) is 17.8 Å². The van der Waals surface area contributed by atoms with Crippen molar-refractivity contribution in [2.45, 2.75) is 12.8 Å². The normalized spacial score (nSPS) is 12.9. The fourth-order valence-electron chi connectivity index (χ4n) is 2.97. The van der Waals surface area contributed by atoms with E-state index < -0.39 is 35.2 Å². The molecule has 1 aliphatic rings. The number of imide groups is 1. The Morgan fingerprint density at radius 1 is 1.10 bits per heavy atom. The van der Waals surface area contributed by atoms with Crippen molar-refractivity contribution in [3.05, 3.63) is 69.8 Å². The summed E-state index contributed by atoms with van der Waals surface area (Å²) in [6, 6.07) is 12.3. The third-order valence-electron chi connectivity index (χ3n) is 4.41. The van der Waals surface area contributed by atoms with E-state index in [-0.39, 0.29) is 30.8 Å². The molecule has 2 aromatic rings. The number of rotatable bonds is 7. The van der Waals surface area contributed by atoms with Crippen LogP contribution in [0.3, 0.4) is 0 Å². The molecule has 0 fully saturated rings. The van der Waals surface area contributed by atoms with Crippen LogP contribution in [0.25, 0.3) is 0 Å². The lowest BCUT2D eigenvalue weighted by molar-refractivity contribution is -0.383. The minimum Gasteiger partial charge on any atom is -0.456 e. The van der Waals surface area contributed by atoms with Gasteiger partial charge in [-0.05, 0) is 17.7 Å². The van der Waals surface area contributed by atoms with Crippen LogP contribution in [0.1, 0.15) is 22.3 Å². The minimum absolute atomic E-state index is 0.0216. The van der Waals surface area contributed by atoms with Crippen molar-refractivity contribution in [2.75, 3.05) is 18.5 Å². The maximum atomic E-state index is 12.4. The molecule has 0 atom stereocenters. The van der Waals surface area contributed by atoms with Crippen molar-refractivity contribution in [3.63, 3.8) is 0 Å². The van der Waals surface area contributed by atoms with Crippen LogP contribution in [0.5, 0.6) is 0 Å². The molecule has 0 bridgehead atoms. The fraction of sp³-hybridized carbons (Fsp3) is 0.200. The number of nitrogens with one attached hydrogen (secondary N) is 1. The van der Waals surface area contributed by atoms with Crippen LogP contribution in [-0.2, 0) is 25.5 Å². The molecule has 1 aliphatic heterocycles. The molecule has 0 saturated heterocycles. The van der Waals surface area contributed by atoms with Crippen molar-refractivity contribution in [2.24, 2.45) is 0 Å². The van der Waals surface area contributed by atoms with E-state index in [1.54, 1.807) is 24.3 Å². The van der Waals surface area contributed by atoms with E-state index in [1.165, 1.54) is 24.3 Å². The Labute approximate surface area is 170 Å². The molecular weight excluding hydrogens is 394 g/mol. The van der Waals surface area contributed by atoms with Crippen molar-refractivity contribution in [1.29, 1.82) is 0 Å². The Kier molecular flexibility index (Phi) is 6.16. The van der Waals surface area contributed by atoms with Gasteiger partial charge in [-0.2, -0.15) is 0 Å². The smallest absolute Gasteiger partial charge is 0.308 e. The van der Waals surface area contributed by atoms with E-state index in [2.05, 4.69) is 5.32 Å². The number of nitro benzene ring substituents is 1. The van der Waals surface area contributed by atoms with Crippen LogP contribution in [0.15, 0.2) is 48.5 Å². The first kappa shape index (κ1) is 20.6. The fourth-order valence-corrected chi connectivity index (χ4v) is 2.97. The second-order valence-electron chi connectivity index (χ2n) is 6.42. The quantitative estimate of drug-likeness (QED) is 0.317. The van der Waals surface area contributed by atoms with Gasteiger partial charge in [0.1, 0.15) is 5.69 Å². The summed E-state index contributed by atoms with van der Waals surface area (Å²) < 4.78 is 4.84. The Balaban J connectivity index is 1.50. The number of carbonyl (C=O) groups is 4. The molecule has 154 valence electrons. The molecule has 0 aliphatic carbocycles. The highest BCUT2D eigenvalue weighted by Gasteiger charge is 2.30. The Morgan fingerprint density at radius 2 is 1.80 bits per heavy atom. The predicted molar refractivity (Wildman–Crippen MR) is 103 cm³/mol. The molecule has 3 amide bonds. The highest BCUT2D eigenvalue weighted by atomic mass is 16.6. The summed E-state index contributed by atoms with van der Waals surface area (Å²) in [5.41, 5.74) is 0.735. The number of hydrogen-bond donors (Lipinski definition) is 1. The molecule has 1 N–H and O–H groups in total. The van der Waals surface area contributed by atoms with E-state index in [0.717, 1.165) is 4.90 Å². The number of nitrogens with zero attached hydrogens (tertiary/aromatic N) is 2. The van der Waals surface area contributed by atoms with E-state index in [0.29, 0.717) is 11.1 Å². The summed E-state index contributed by atoms with van der Waals surface area (Å²) in [4.78, 5) is 59.7. The van der Waals surface area contributed by atoms with Gasteiger partial charge in [0.2, 0.25) is 5.91 Å². The van der Waals surface area contributed by atoms with Gasteiger partial charge in [0, 0.05) is 18.2 Å². The molecule has 0 saturated carbocycles. The van der Waals surface area contributed by atoms with Gasteiger partial charge < -0.3 is 10.1 Å². The van der Waals surface area contributed by atoms with Crippen LogP contribution < -0.4 is 5.32 Å². The number of anilines is 1. The van der Waals surface area contributed by atoms with Crippen molar-refractivity contribution < 1.29 is 28.8 Å². The number of ether oxygens (including phenoxy) is 1. The van der Waals surface area contributed by atoms with Crippen LogP contribution in [0.2, 0.25) is 0 Å². The number of nitro groups is 1. The molecule has 2 aromatic carbocycles. The average Bonchev–Trinajstić information content (AvgIpc) is 2.72. The van der Waals surface area contributed by atoms with Gasteiger partial charge >= 0.3 is 5.97 Å². The molecule has 30 heavy (non-hydrogen) atoms. The van der Waals surface area contributed by atoms with Crippen LogP contribution in [0.4, 0.5) is 11.4 Å². The van der Waals surface area contributed by atoms with E-state index >= 15 is 0 Å². The zero-order valence-corrected chi connectivity index (χ0v) is 15.7. The number of hydrogen-bond acceptors (Lipinski definition) is 7. The number of fused-ring (bicyclic) bond motifs is 1. The lowest BCUT2D eigenvalue weighted by atomic mass is 9.98. The first-order valence-electron chi connectivity index (χ1n) is 8.98. The van der Waals surface area contributed by atoms with Crippen LogP contribution in [-0.4, -0.2) is 46.7 Å². The lowest BCUT2D eigenvalue weighted by Gasteiger charge is -2.26. The molecule has 0 spiro atoms. The predicted octanol–water partition coefficient (Wildman–Crippen LogP) is 1.69. The van der Waals surface area contributed by atoms with Gasteiger partial charge in [-0.1, -0.05) is 30.3 Å². The lowest BCUT2D eigenvalue weighted by Crippen LogP contribution is -2.43. The van der Waals surface area contributed by atoms with Crippen LogP contribution >= 0.6 is 0 Å². The van der Waals surface area contributed by atoms with Gasteiger partial charge in [0.25, 0.3) is 17.5 Å². The average molecular weight is 411 g/mol. The molecular formula is C20H17N3O7. The van der Waals surface area contributed by atoms with Gasteiger partial charge in [-0.25, -0.2) is 0 Å². The maximum absolute atomic E-state index is 12.4. The van der Waals surface area contributed by atoms with Gasteiger partial charge in [0.15, 0.2) is 6.61 Å². The number of para-hydroxylation sites is 2. The summed E-state index contributed by atoms with van der Waals surface area (Å²) in [5.74, 6) is -2.44. The Bertz CT molecular complexity index is 1030. The zero-order chi connectivity index (χ0) is 21.7. The highest BCUT2D eigenvalue weighted by Crippen LogP contribution is 2.23. The summed E-state index contributed by atoms with van der Waals surface area (Å²) >= 11 is 0. The molecule has 0 aromatic heterocycles. The van der Waals surface area contributed by atoms with Crippen molar-refractivity contribution >= 4 is 35.1 Å². The van der Waals surface area contributed by atoms with E-state index in [9.17, 15) is 29.3 Å². The summed E-state index contributed by atoms with van der Waals surface area (Å²) in [7, 11) is 0. The van der Waals surface area contributed by atoms with E-state index in [4.69, 9.17) is 4.74 Å². The molecule has 10 heteroatoms. The SMILES string of the molecule is O=C(COC(=O)CCN1C(=O)Cc2ccccc2C1=O)Nc1ccccc1[N+](=O)[O-]. The summed E-state index contributed by atoms with van der Waals surface area (Å²) in [6.45, 7) is -0.827. The number of benzene rings is 2. The first-order valence-corrected chi connectivity index (χ1v) is 8.98. The second-order valence-corrected chi connectivity index (χ2v) is 6.42. The standard InChI is InChI=1S/C20H17N3O7/c24-17(21-15-7-3-4-8-16(15)23(28)29)12-30-19(26)9-10-22-18(25)11-13-5-1-2-6-14(13)20(22)27/h1-8H,9-12H2,(H,21,24). The Hall–Kier alpha value is -4.08. The number of esters is 1. The third-order valence-corrected chi connectivity index (χ3v) is 4.41. The first-order chi connectivity index (χ1) is 14.4. The van der Waals surface area contributed by atoms with Gasteiger partial charge in [-0.15, -0.1) is 0 Å². The summed E-state index contributed by atoms with van der Waals surface area (Å²) in [6.07, 6.45) is -0.215. The Morgan fingerprint density at radius 3 is 2.57 bits per heavy atom. The maximum Gasteiger partial charge on any atom is 0.308 e. The molecule has 0 radical (unpaired) electrons. The minimum atomic E-state index is -0.785. The topological polar surface area (TPSA) is 136 Å². The molecule has 3 rings (SSSR count). The third kappa shape index (κ3) is 4.66. The van der Waals surface area contributed by atoms with Crippen molar-refractivity contribution in [1.82, 2.24) is 4.90 Å². The molecule has 10 nitrogen and oxygen atoms in total. The molecule has 1 heterocycles. The monoisotopic (exact) mass is 411 g/mol. The zero-order valence-electron chi connectivity index (χ0n) is 15.7. The van der Waals surface area contributed by atoms with Crippen molar-refractivity contribution in [3.8, 4) is 0 Å². The second kappa shape index (κ2) is 8.95. The summed E-state index contributed by atoms with van der Waals surface area (Å²) in [5, 5.41) is 13.2.